The van der Waals surface area contributed by atoms with Gasteiger partial charge in [-0.2, -0.15) is 0 Å². The van der Waals surface area contributed by atoms with E-state index in [1.165, 1.54) is 6.42 Å². The van der Waals surface area contributed by atoms with Crippen LogP contribution in [0.4, 0.5) is 0 Å². The minimum atomic E-state index is -0.859. The van der Waals surface area contributed by atoms with Crippen LogP contribution < -0.4 is 5.32 Å². The topological polar surface area (TPSA) is 58.6 Å². The molecule has 0 radical (unpaired) electrons. The molecule has 0 aliphatic heterocycles. The molecule has 4 atom stereocenters. The van der Waals surface area contributed by atoms with Gasteiger partial charge < -0.3 is 9.84 Å². The highest BCUT2D eigenvalue weighted by atomic mass is 16.5. The van der Waals surface area contributed by atoms with E-state index in [-0.39, 0.29) is 12.0 Å². The number of hydrogen-bond acceptors (Lipinski definition) is 3. The zero-order valence-corrected chi connectivity index (χ0v) is 13.7. The van der Waals surface area contributed by atoms with Gasteiger partial charge in [-0.3, -0.25) is 10.1 Å². The summed E-state index contributed by atoms with van der Waals surface area (Å²) in [5.41, 5.74) is -0.859. The largest absolute Gasteiger partial charge is 0.480 e. The van der Waals surface area contributed by atoms with Gasteiger partial charge in [0.15, 0.2) is 0 Å². The summed E-state index contributed by atoms with van der Waals surface area (Å²) in [4.78, 5) is 11.9. The molecule has 21 heavy (non-hydrogen) atoms. The van der Waals surface area contributed by atoms with E-state index in [1.807, 2.05) is 0 Å². The average Bonchev–Trinajstić information content (AvgIpc) is 3.27. The van der Waals surface area contributed by atoms with Gasteiger partial charge in [0.25, 0.3) is 0 Å². The third kappa shape index (κ3) is 3.98. The number of carboxylic acid groups (broad SMARTS) is 1. The van der Waals surface area contributed by atoms with E-state index in [0.717, 1.165) is 44.6 Å². The van der Waals surface area contributed by atoms with Gasteiger partial charge in [0.1, 0.15) is 5.54 Å². The van der Waals surface area contributed by atoms with E-state index >= 15 is 0 Å². The summed E-state index contributed by atoms with van der Waals surface area (Å²) in [5.74, 6) is 0.931. The summed E-state index contributed by atoms with van der Waals surface area (Å²) in [6.07, 6.45) is 6.51. The number of ether oxygens (including phenoxy) is 1. The summed E-state index contributed by atoms with van der Waals surface area (Å²) in [6, 6.07) is 0. The van der Waals surface area contributed by atoms with Crippen LogP contribution in [0.2, 0.25) is 0 Å². The molecule has 2 N–H and O–H groups in total. The number of carbonyl (C=O) groups is 1. The lowest BCUT2D eigenvalue weighted by Crippen LogP contribution is -2.58. The van der Waals surface area contributed by atoms with Crippen LogP contribution in [-0.2, 0) is 9.53 Å². The van der Waals surface area contributed by atoms with Crippen molar-refractivity contribution in [2.75, 3.05) is 13.2 Å². The van der Waals surface area contributed by atoms with E-state index in [1.54, 1.807) is 0 Å². The van der Waals surface area contributed by atoms with Gasteiger partial charge in [0.05, 0.1) is 12.7 Å². The van der Waals surface area contributed by atoms with Gasteiger partial charge in [0.2, 0.25) is 0 Å². The fraction of sp³-hybridized carbons (Fsp3) is 0.941. The van der Waals surface area contributed by atoms with Crippen LogP contribution in [0.5, 0.6) is 0 Å². The van der Waals surface area contributed by atoms with Crippen molar-refractivity contribution in [3.05, 3.63) is 0 Å². The van der Waals surface area contributed by atoms with Crippen LogP contribution >= 0.6 is 0 Å². The first-order chi connectivity index (χ1) is 9.99. The second kappa shape index (κ2) is 7.10. The van der Waals surface area contributed by atoms with Crippen molar-refractivity contribution < 1.29 is 14.6 Å². The van der Waals surface area contributed by atoms with Gasteiger partial charge in [-0.15, -0.1) is 0 Å². The molecule has 122 valence electrons. The summed E-state index contributed by atoms with van der Waals surface area (Å²) in [7, 11) is 0. The average molecular weight is 297 g/mol. The molecule has 2 aliphatic carbocycles. The molecular weight excluding hydrogens is 266 g/mol. The maximum absolute atomic E-state index is 11.9. The Kier molecular flexibility index (Phi) is 5.67. The molecule has 4 heteroatoms. The number of nitrogens with one attached hydrogen (secondary N) is 1. The smallest absolute Gasteiger partial charge is 0.326 e. The Labute approximate surface area is 128 Å². The molecule has 2 fully saturated rings. The van der Waals surface area contributed by atoms with Crippen LogP contribution in [0, 0.1) is 17.8 Å². The van der Waals surface area contributed by atoms with Crippen molar-refractivity contribution in [2.45, 2.75) is 70.9 Å². The van der Waals surface area contributed by atoms with Crippen LogP contribution in [0.15, 0.2) is 0 Å². The van der Waals surface area contributed by atoms with Crippen molar-refractivity contribution in [1.29, 1.82) is 0 Å². The van der Waals surface area contributed by atoms with Gasteiger partial charge in [-0.1, -0.05) is 20.8 Å². The monoisotopic (exact) mass is 297 g/mol. The predicted molar refractivity (Wildman–Crippen MR) is 83.3 cm³/mol. The second-order valence-electron chi connectivity index (χ2n) is 7.18. The lowest BCUT2D eigenvalue weighted by atomic mass is 9.80. The quantitative estimate of drug-likeness (QED) is 0.723. The molecule has 2 rings (SSSR count). The van der Waals surface area contributed by atoms with E-state index in [9.17, 15) is 9.90 Å². The van der Waals surface area contributed by atoms with Gasteiger partial charge in [-0.05, 0) is 62.8 Å². The zero-order chi connectivity index (χ0) is 15.5. The Hall–Kier alpha value is -0.610. The van der Waals surface area contributed by atoms with E-state index in [0.29, 0.717) is 12.5 Å². The minimum Gasteiger partial charge on any atom is -0.480 e. The number of hydrogen-bond donors (Lipinski definition) is 2. The summed E-state index contributed by atoms with van der Waals surface area (Å²) in [5, 5.41) is 13.0. The van der Waals surface area contributed by atoms with Crippen molar-refractivity contribution >= 4 is 5.97 Å². The van der Waals surface area contributed by atoms with Gasteiger partial charge in [-0.25, -0.2) is 0 Å². The fourth-order valence-electron chi connectivity index (χ4n) is 3.45. The molecule has 0 spiro atoms. The van der Waals surface area contributed by atoms with E-state index < -0.39 is 11.5 Å². The number of rotatable bonds is 8. The molecule has 0 bridgehead atoms. The molecular formula is C17H31NO3. The van der Waals surface area contributed by atoms with Crippen molar-refractivity contribution in [1.82, 2.24) is 5.32 Å². The molecule has 4 unspecified atom stereocenters. The summed E-state index contributed by atoms with van der Waals surface area (Å²) >= 11 is 0. The molecule has 0 aromatic heterocycles. The first kappa shape index (κ1) is 16.8. The molecule has 0 aromatic rings. The molecule has 0 aromatic carbocycles. The van der Waals surface area contributed by atoms with Crippen LogP contribution in [0.1, 0.15) is 59.3 Å². The Balaban J connectivity index is 1.94. The van der Waals surface area contributed by atoms with Gasteiger partial charge >= 0.3 is 5.97 Å². The molecule has 0 heterocycles. The molecule has 2 aliphatic rings. The van der Waals surface area contributed by atoms with Crippen LogP contribution in [-0.4, -0.2) is 35.9 Å². The summed E-state index contributed by atoms with van der Waals surface area (Å²) in [6.45, 7) is 7.71. The highest BCUT2D eigenvalue weighted by Gasteiger charge is 2.51. The predicted octanol–water partition coefficient (Wildman–Crippen LogP) is 3.06. The zero-order valence-electron chi connectivity index (χ0n) is 13.7. The van der Waals surface area contributed by atoms with Crippen molar-refractivity contribution in [3.8, 4) is 0 Å². The Morgan fingerprint density at radius 3 is 2.48 bits per heavy atom. The summed E-state index contributed by atoms with van der Waals surface area (Å²) < 4.78 is 6.08. The maximum Gasteiger partial charge on any atom is 0.326 e. The second-order valence-corrected chi connectivity index (χ2v) is 7.18. The van der Waals surface area contributed by atoms with Crippen molar-refractivity contribution in [2.24, 2.45) is 17.8 Å². The fourth-order valence-corrected chi connectivity index (χ4v) is 3.45. The highest BCUT2D eigenvalue weighted by Crippen LogP contribution is 2.41. The Bertz CT molecular complexity index is 356. The Morgan fingerprint density at radius 2 is 1.95 bits per heavy atom. The number of aliphatic carboxylic acids is 1. The molecule has 4 nitrogen and oxygen atoms in total. The van der Waals surface area contributed by atoms with Crippen LogP contribution in [0.25, 0.3) is 0 Å². The first-order valence-corrected chi connectivity index (χ1v) is 8.59. The molecule has 2 saturated carbocycles. The third-order valence-corrected chi connectivity index (χ3v) is 5.44. The standard InChI is InChI=1S/C17H31NO3/c1-4-9-18-17(16(19)20,14-6-7-14)11-21-15-8-5-12(2)13(3)10-15/h12-15,18H,4-11H2,1-3H3,(H,19,20). The van der Waals surface area contributed by atoms with Crippen LogP contribution in [0.3, 0.4) is 0 Å². The molecule has 0 amide bonds. The van der Waals surface area contributed by atoms with E-state index in [4.69, 9.17) is 4.74 Å². The lowest BCUT2D eigenvalue weighted by Gasteiger charge is -2.36. The number of carboxylic acids is 1. The minimum absolute atomic E-state index is 0.233. The first-order valence-electron chi connectivity index (χ1n) is 8.59. The third-order valence-electron chi connectivity index (χ3n) is 5.44. The van der Waals surface area contributed by atoms with E-state index in [2.05, 4.69) is 26.1 Å². The van der Waals surface area contributed by atoms with Gasteiger partial charge in [0, 0.05) is 0 Å². The SMILES string of the molecule is CCCNC(COC1CCC(C)C(C)C1)(C(=O)O)C1CC1. The maximum atomic E-state index is 11.9. The normalized spacial score (nSPS) is 32.6. The Morgan fingerprint density at radius 1 is 1.24 bits per heavy atom. The molecule has 0 saturated heterocycles. The van der Waals surface area contributed by atoms with Crippen molar-refractivity contribution in [3.63, 3.8) is 0 Å². The highest BCUT2D eigenvalue weighted by molar-refractivity contribution is 5.80. The lowest BCUT2D eigenvalue weighted by molar-refractivity contribution is -0.151.